The van der Waals surface area contributed by atoms with E-state index in [1.807, 2.05) is 54.3 Å². The van der Waals surface area contributed by atoms with E-state index >= 15 is 0 Å². The van der Waals surface area contributed by atoms with Crippen LogP contribution in [0.25, 0.3) is 0 Å². The quantitative estimate of drug-likeness (QED) is 0.645. The Hall–Kier alpha value is -1.58. The minimum Gasteiger partial charge on any atom is -0.333 e. The van der Waals surface area contributed by atoms with Gasteiger partial charge in [-0.25, -0.2) is 0 Å². The molecule has 0 spiro atoms. The van der Waals surface area contributed by atoms with Crippen molar-refractivity contribution in [2.24, 2.45) is 0 Å². The lowest BCUT2D eigenvalue weighted by atomic mass is 9.95. The van der Waals surface area contributed by atoms with Gasteiger partial charge >= 0.3 is 0 Å². The maximum absolute atomic E-state index is 12.9. The van der Waals surface area contributed by atoms with Crippen LogP contribution in [0.4, 0.5) is 0 Å². The molecule has 1 amide bonds. The molecular weight excluding hydrogens is 314 g/mol. The molecule has 0 N–H and O–H groups in total. The van der Waals surface area contributed by atoms with Gasteiger partial charge in [0.25, 0.3) is 0 Å². The van der Waals surface area contributed by atoms with Crippen LogP contribution >= 0.6 is 22.9 Å². The highest BCUT2D eigenvalue weighted by Crippen LogP contribution is 2.26. The summed E-state index contributed by atoms with van der Waals surface area (Å²) in [4.78, 5) is 15.9. The second kappa shape index (κ2) is 8.16. The molecule has 22 heavy (non-hydrogen) atoms. The lowest BCUT2D eigenvalue weighted by Crippen LogP contribution is -2.34. The Kier molecular flexibility index (Phi) is 6.22. The first-order valence-corrected chi connectivity index (χ1v) is 8.54. The number of thiophene rings is 1. The highest BCUT2D eigenvalue weighted by Gasteiger charge is 2.24. The summed E-state index contributed by atoms with van der Waals surface area (Å²) in [6.45, 7) is 6.93. The number of halogens is 1. The van der Waals surface area contributed by atoms with Crippen molar-refractivity contribution in [2.75, 3.05) is 6.54 Å². The topological polar surface area (TPSA) is 20.3 Å². The molecule has 1 unspecified atom stereocenters. The molecule has 0 aliphatic carbocycles. The van der Waals surface area contributed by atoms with Crippen LogP contribution in [0, 0.1) is 0 Å². The van der Waals surface area contributed by atoms with Crippen LogP contribution in [0.15, 0.2) is 55.1 Å². The van der Waals surface area contributed by atoms with E-state index in [0.717, 1.165) is 21.2 Å². The van der Waals surface area contributed by atoms with Gasteiger partial charge in [-0.3, -0.25) is 4.79 Å². The van der Waals surface area contributed by atoms with Gasteiger partial charge in [0.2, 0.25) is 5.91 Å². The van der Waals surface area contributed by atoms with E-state index < -0.39 is 0 Å². The Balaban J connectivity index is 2.18. The molecule has 0 bridgehead atoms. The van der Waals surface area contributed by atoms with Gasteiger partial charge < -0.3 is 4.90 Å². The summed E-state index contributed by atoms with van der Waals surface area (Å²) in [7, 11) is 0. The molecule has 0 fully saturated rings. The van der Waals surface area contributed by atoms with Crippen molar-refractivity contribution >= 4 is 28.8 Å². The monoisotopic (exact) mass is 333 g/mol. The standard InChI is InChI=1S/C18H20ClNOS/c1-3-12-20(13-15-10-11-17(19)22-15)18(21)16(4-2)14-8-6-5-7-9-14/h3,5-11,16H,1,4,12-13H2,2H3. The Morgan fingerprint density at radius 2 is 2.05 bits per heavy atom. The van der Waals surface area contributed by atoms with Crippen LogP contribution in [0.1, 0.15) is 29.7 Å². The first kappa shape index (κ1) is 16.8. The van der Waals surface area contributed by atoms with E-state index in [1.165, 1.54) is 11.3 Å². The maximum atomic E-state index is 12.9. The molecule has 0 aliphatic rings. The van der Waals surface area contributed by atoms with Gasteiger partial charge in [-0.15, -0.1) is 17.9 Å². The summed E-state index contributed by atoms with van der Waals surface area (Å²) in [5, 5.41) is 0. The molecule has 0 saturated heterocycles. The van der Waals surface area contributed by atoms with Gasteiger partial charge in [0.1, 0.15) is 0 Å². The number of carbonyl (C=O) groups excluding carboxylic acids is 1. The van der Waals surface area contributed by atoms with E-state index in [1.54, 1.807) is 6.08 Å². The lowest BCUT2D eigenvalue weighted by Gasteiger charge is -2.26. The van der Waals surface area contributed by atoms with E-state index in [4.69, 9.17) is 11.6 Å². The van der Waals surface area contributed by atoms with E-state index in [2.05, 4.69) is 6.58 Å². The molecule has 2 nitrogen and oxygen atoms in total. The van der Waals surface area contributed by atoms with Crippen molar-refractivity contribution in [3.8, 4) is 0 Å². The molecular formula is C18H20ClNOS. The summed E-state index contributed by atoms with van der Waals surface area (Å²) < 4.78 is 0.746. The number of nitrogens with zero attached hydrogens (tertiary/aromatic N) is 1. The van der Waals surface area contributed by atoms with E-state index in [9.17, 15) is 4.79 Å². The van der Waals surface area contributed by atoms with Gasteiger partial charge in [0, 0.05) is 11.4 Å². The minimum atomic E-state index is -0.114. The summed E-state index contributed by atoms with van der Waals surface area (Å²) in [6, 6.07) is 13.8. The average Bonchev–Trinajstić information content (AvgIpc) is 2.94. The molecule has 1 aromatic carbocycles. The van der Waals surface area contributed by atoms with Crippen LogP contribution in [0.2, 0.25) is 4.34 Å². The number of rotatable bonds is 7. The van der Waals surface area contributed by atoms with Crippen molar-refractivity contribution < 1.29 is 4.79 Å². The van der Waals surface area contributed by atoms with Crippen LogP contribution in [0.5, 0.6) is 0 Å². The summed E-state index contributed by atoms with van der Waals surface area (Å²) in [5.41, 5.74) is 1.06. The molecule has 1 aromatic heterocycles. The molecule has 0 radical (unpaired) electrons. The van der Waals surface area contributed by atoms with Crippen LogP contribution in [-0.4, -0.2) is 17.4 Å². The highest BCUT2D eigenvalue weighted by atomic mass is 35.5. The number of carbonyl (C=O) groups is 1. The molecule has 1 atom stereocenters. The zero-order valence-electron chi connectivity index (χ0n) is 12.7. The highest BCUT2D eigenvalue weighted by molar-refractivity contribution is 7.16. The predicted molar refractivity (Wildman–Crippen MR) is 94.4 cm³/mol. The summed E-state index contributed by atoms with van der Waals surface area (Å²) >= 11 is 7.49. The number of hydrogen-bond acceptors (Lipinski definition) is 2. The van der Waals surface area contributed by atoms with Gasteiger partial charge in [-0.1, -0.05) is 54.9 Å². The van der Waals surface area contributed by atoms with Crippen molar-refractivity contribution in [1.82, 2.24) is 4.90 Å². The summed E-state index contributed by atoms with van der Waals surface area (Å²) in [5.74, 6) is 0.0229. The van der Waals surface area contributed by atoms with E-state index in [0.29, 0.717) is 13.1 Å². The van der Waals surface area contributed by atoms with Gasteiger partial charge in [0.15, 0.2) is 0 Å². The fraction of sp³-hybridized carbons (Fsp3) is 0.278. The number of amides is 1. The number of hydrogen-bond donors (Lipinski definition) is 0. The molecule has 0 aliphatic heterocycles. The fourth-order valence-corrected chi connectivity index (χ4v) is 3.58. The smallest absolute Gasteiger partial charge is 0.230 e. The molecule has 116 valence electrons. The molecule has 1 heterocycles. The minimum absolute atomic E-state index is 0.114. The second-order valence-corrected chi connectivity index (χ2v) is 6.88. The van der Waals surface area contributed by atoms with Crippen molar-refractivity contribution in [1.29, 1.82) is 0 Å². The lowest BCUT2D eigenvalue weighted by molar-refractivity contribution is -0.133. The van der Waals surface area contributed by atoms with Gasteiger partial charge in [-0.05, 0) is 24.1 Å². The van der Waals surface area contributed by atoms with E-state index in [-0.39, 0.29) is 11.8 Å². The predicted octanol–water partition coefficient (Wildman–Crippen LogP) is 5.11. The largest absolute Gasteiger partial charge is 0.333 e. The van der Waals surface area contributed by atoms with Crippen molar-refractivity contribution in [3.05, 3.63) is 69.9 Å². The Morgan fingerprint density at radius 1 is 1.32 bits per heavy atom. The van der Waals surface area contributed by atoms with Gasteiger partial charge in [-0.2, -0.15) is 0 Å². The van der Waals surface area contributed by atoms with Crippen molar-refractivity contribution in [2.45, 2.75) is 25.8 Å². The molecule has 0 saturated carbocycles. The summed E-state index contributed by atoms with van der Waals surface area (Å²) in [6.07, 6.45) is 2.55. The SMILES string of the molecule is C=CCN(Cc1ccc(Cl)s1)C(=O)C(CC)c1ccccc1. The first-order valence-electron chi connectivity index (χ1n) is 7.34. The van der Waals surface area contributed by atoms with Crippen molar-refractivity contribution in [3.63, 3.8) is 0 Å². The fourth-order valence-electron chi connectivity index (χ4n) is 2.47. The van der Waals surface area contributed by atoms with Gasteiger partial charge in [0.05, 0.1) is 16.8 Å². The molecule has 2 rings (SSSR count). The Morgan fingerprint density at radius 3 is 2.59 bits per heavy atom. The first-order chi connectivity index (χ1) is 10.7. The third-order valence-electron chi connectivity index (χ3n) is 3.54. The molecule has 4 heteroatoms. The zero-order valence-corrected chi connectivity index (χ0v) is 14.2. The zero-order chi connectivity index (χ0) is 15.9. The second-order valence-electron chi connectivity index (χ2n) is 5.08. The Bertz CT molecular complexity index is 623. The maximum Gasteiger partial charge on any atom is 0.230 e. The molecule has 2 aromatic rings. The third-order valence-corrected chi connectivity index (χ3v) is 4.76. The van der Waals surface area contributed by atoms with Crippen LogP contribution < -0.4 is 0 Å². The average molecular weight is 334 g/mol. The number of benzene rings is 1. The van der Waals surface area contributed by atoms with Crippen LogP contribution in [0.3, 0.4) is 0 Å². The third kappa shape index (κ3) is 4.21. The van der Waals surface area contributed by atoms with Crippen LogP contribution in [-0.2, 0) is 11.3 Å². The normalized spacial score (nSPS) is 11.9. The Labute approximate surface area is 141 Å².